The zero-order valence-corrected chi connectivity index (χ0v) is 11.5. The predicted molar refractivity (Wildman–Crippen MR) is 78.5 cm³/mol. The van der Waals surface area contributed by atoms with Crippen LogP contribution in [0.25, 0.3) is 21.8 Å². The van der Waals surface area contributed by atoms with Gasteiger partial charge in [-0.3, -0.25) is 10.1 Å². The van der Waals surface area contributed by atoms with Gasteiger partial charge in [0.05, 0.1) is 17.5 Å². The molecule has 1 aromatic heterocycles. The van der Waals surface area contributed by atoms with Crippen LogP contribution >= 0.6 is 0 Å². The third kappa shape index (κ3) is 1.63. The van der Waals surface area contributed by atoms with Crippen molar-refractivity contribution in [3.05, 3.63) is 45.5 Å². The number of nitrogens with one attached hydrogen (secondary N) is 1. The molecule has 0 aliphatic heterocycles. The minimum Gasteiger partial charge on any atom is -0.497 e. The molecule has 0 fully saturated rings. The predicted octanol–water partition coefficient (Wildman–Crippen LogP) is 3.85. The zero-order valence-electron chi connectivity index (χ0n) is 11.5. The molecule has 0 unspecified atom stereocenters. The quantitative estimate of drug-likeness (QED) is 0.568. The van der Waals surface area contributed by atoms with E-state index in [2.05, 4.69) is 4.98 Å². The molecule has 0 saturated heterocycles. The van der Waals surface area contributed by atoms with E-state index in [0.717, 1.165) is 33.1 Å². The van der Waals surface area contributed by atoms with Gasteiger partial charge in [-0.05, 0) is 37.6 Å². The number of rotatable bonds is 2. The Bertz CT molecular complexity index is 849. The minimum absolute atomic E-state index is 0.152. The van der Waals surface area contributed by atoms with E-state index >= 15 is 0 Å². The van der Waals surface area contributed by atoms with Gasteiger partial charge in [0.15, 0.2) is 0 Å². The standard InChI is InChI=1S/C15H14N2O3/c1-8-6-13(17(18)19)9(2)14-11-7-10(20-3)4-5-12(11)16-15(8)14/h4-7,16H,1-3H3. The molecule has 2 aromatic carbocycles. The van der Waals surface area contributed by atoms with Crippen LogP contribution in [-0.2, 0) is 0 Å². The fraction of sp³-hybridized carbons (Fsp3) is 0.200. The second kappa shape index (κ2) is 4.23. The average molecular weight is 270 g/mol. The summed E-state index contributed by atoms with van der Waals surface area (Å²) >= 11 is 0. The molecule has 0 bridgehead atoms. The Labute approximate surface area is 115 Å². The van der Waals surface area contributed by atoms with E-state index < -0.39 is 0 Å². The largest absolute Gasteiger partial charge is 0.497 e. The number of fused-ring (bicyclic) bond motifs is 3. The van der Waals surface area contributed by atoms with Crippen LogP contribution in [0.3, 0.4) is 0 Å². The van der Waals surface area contributed by atoms with Crippen molar-refractivity contribution in [3.63, 3.8) is 0 Å². The van der Waals surface area contributed by atoms with Crippen molar-refractivity contribution in [2.75, 3.05) is 7.11 Å². The molecule has 1 N–H and O–H groups in total. The summed E-state index contributed by atoms with van der Waals surface area (Å²) in [7, 11) is 1.61. The summed E-state index contributed by atoms with van der Waals surface area (Å²) in [4.78, 5) is 14.2. The number of nitrogens with zero attached hydrogens (tertiary/aromatic N) is 1. The Morgan fingerprint density at radius 1 is 1.25 bits per heavy atom. The first-order chi connectivity index (χ1) is 9.52. The van der Waals surface area contributed by atoms with Gasteiger partial charge >= 0.3 is 0 Å². The van der Waals surface area contributed by atoms with Crippen molar-refractivity contribution in [1.82, 2.24) is 4.98 Å². The molecule has 5 nitrogen and oxygen atoms in total. The molecule has 0 radical (unpaired) electrons. The highest BCUT2D eigenvalue weighted by atomic mass is 16.6. The van der Waals surface area contributed by atoms with Crippen LogP contribution in [0.4, 0.5) is 5.69 Å². The number of benzene rings is 2. The van der Waals surface area contributed by atoms with E-state index in [1.54, 1.807) is 20.1 Å². The third-order valence-corrected chi connectivity index (χ3v) is 3.71. The molecule has 0 aliphatic rings. The van der Waals surface area contributed by atoms with E-state index in [9.17, 15) is 10.1 Å². The molecule has 0 saturated carbocycles. The monoisotopic (exact) mass is 270 g/mol. The Balaban J connectivity index is 2.51. The van der Waals surface area contributed by atoms with Crippen LogP contribution in [0.5, 0.6) is 5.75 Å². The molecule has 3 rings (SSSR count). The van der Waals surface area contributed by atoms with E-state index in [0.29, 0.717) is 5.56 Å². The summed E-state index contributed by atoms with van der Waals surface area (Å²) < 4.78 is 5.24. The SMILES string of the molecule is COc1ccc2[nH]c3c(C)cc([N+](=O)[O-])c(C)c3c2c1. The number of H-pyrrole nitrogens is 1. The van der Waals surface area contributed by atoms with E-state index in [-0.39, 0.29) is 10.6 Å². The van der Waals surface area contributed by atoms with Gasteiger partial charge in [0.2, 0.25) is 0 Å². The lowest BCUT2D eigenvalue weighted by Crippen LogP contribution is -1.93. The Hall–Kier alpha value is -2.56. The highest BCUT2D eigenvalue weighted by molar-refractivity contribution is 6.11. The zero-order chi connectivity index (χ0) is 14.4. The number of aromatic nitrogens is 1. The topological polar surface area (TPSA) is 68.2 Å². The molecule has 5 heteroatoms. The Morgan fingerprint density at radius 3 is 2.65 bits per heavy atom. The second-order valence-electron chi connectivity index (χ2n) is 4.88. The lowest BCUT2D eigenvalue weighted by Gasteiger charge is -2.03. The van der Waals surface area contributed by atoms with Crippen molar-refractivity contribution in [2.45, 2.75) is 13.8 Å². The minimum atomic E-state index is -0.333. The number of hydrogen-bond acceptors (Lipinski definition) is 3. The summed E-state index contributed by atoms with van der Waals surface area (Å²) in [5.41, 5.74) is 3.59. The fourth-order valence-electron chi connectivity index (χ4n) is 2.69. The van der Waals surface area contributed by atoms with Crippen molar-refractivity contribution >= 4 is 27.5 Å². The van der Waals surface area contributed by atoms with Gasteiger partial charge in [-0.2, -0.15) is 0 Å². The van der Waals surface area contributed by atoms with Gasteiger partial charge < -0.3 is 9.72 Å². The van der Waals surface area contributed by atoms with Crippen LogP contribution < -0.4 is 4.74 Å². The summed E-state index contributed by atoms with van der Waals surface area (Å²) in [6, 6.07) is 7.32. The first kappa shape index (κ1) is 12.5. The van der Waals surface area contributed by atoms with Crippen molar-refractivity contribution in [1.29, 1.82) is 0 Å². The molecular weight excluding hydrogens is 256 g/mol. The molecule has 20 heavy (non-hydrogen) atoms. The Kier molecular flexibility index (Phi) is 2.64. The second-order valence-corrected chi connectivity index (χ2v) is 4.88. The lowest BCUT2D eigenvalue weighted by molar-refractivity contribution is -0.385. The van der Waals surface area contributed by atoms with Gasteiger partial charge in [-0.25, -0.2) is 0 Å². The molecular formula is C15H14N2O3. The Morgan fingerprint density at radius 2 is 2.00 bits per heavy atom. The number of nitro benzene ring substituents is 1. The smallest absolute Gasteiger partial charge is 0.273 e. The summed E-state index contributed by atoms with van der Waals surface area (Å²) in [5.74, 6) is 0.738. The molecule has 102 valence electrons. The molecule has 3 aromatic rings. The van der Waals surface area contributed by atoms with Gasteiger partial charge in [0.1, 0.15) is 5.75 Å². The van der Waals surface area contributed by atoms with E-state index in [1.165, 1.54) is 0 Å². The first-order valence-corrected chi connectivity index (χ1v) is 6.27. The lowest BCUT2D eigenvalue weighted by atomic mass is 10.0. The van der Waals surface area contributed by atoms with Gasteiger partial charge in [-0.15, -0.1) is 0 Å². The van der Waals surface area contributed by atoms with Crippen LogP contribution in [0, 0.1) is 24.0 Å². The maximum Gasteiger partial charge on any atom is 0.273 e. The van der Waals surface area contributed by atoms with Crippen LogP contribution in [0.15, 0.2) is 24.3 Å². The summed E-state index contributed by atoms with van der Waals surface area (Å²) in [6.07, 6.45) is 0. The normalized spacial score (nSPS) is 11.2. The fourth-order valence-corrected chi connectivity index (χ4v) is 2.69. The van der Waals surface area contributed by atoms with Gasteiger partial charge in [0.25, 0.3) is 5.69 Å². The number of nitro groups is 1. The van der Waals surface area contributed by atoms with Crippen molar-refractivity contribution < 1.29 is 9.66 Å². The average Bonchev–Trinajstić information content (AvgIpc) is 2.81. The molecule has 1 heterocycles. The maximum absolute atomic E-state index is 11.2. The van der Waals surface area contributed by atoms with Gasteiger partial charge in [-0.1, -0.05) is 0 Å². The molecule has 0 spiro atoms. The van der Waals surface area contributed by atoms with Crippen LogP contribution in [0.1, 0.15) is 11.1 Å². The van der Waals surface area contributed by atoms with E-state index in [1.807, 2.05) is 25.1 Å². The number of aryl methyl sites for hydroxylation is 2. The van der Waals surface area contributed by atoms with E-state index in [4.69, 9.17) is 4.74 Å². The first-order valence-electron chi connectivity index (χ1n) is 6.27. The summed E-state index contributed by atoms with van der Waals surface area (Å²) in [5, 5.41) is 13.0. The molecule has 0 amide bonds. The van der Waals surface area contributed by atoms with Crippen LogP contribution in [0.2, 0.25) is 0 Å². The molecule has 0 atom stereocenters. The summed E-state index contributed by atoms with van der Waals surface area (Å²) in [6.45, 7) is 3.66. The number of ether oxygens (including phenoxy) is 1. The highest BCUT2D eigenvalue weighted by Crippen LogP contribution is 2.36. The number of methoxy groups -OCH3 is 1. The van der Waals surface area contributed by atoms with Crippen molar-refractivity contribution in [3.8, 4) is 5.75 Å². The molecule has 0 aliphatic carbocycles. The third-order valence-electron chi connectivity index (χ3n) is 3.71. The van der Waals surface area contributed by atoms with Crippen LogP contribution in [-0.4, -0.2) is 17.0 Å². The number of aromatic amines is 1. The maximum atomic E-state index is 11.2. The number of hydrogen-bond donors (Lipinski definition) is 1. The highest BCUT2D eigenvalue weighted by Gasteiger charge is 2.19. The van der Waals surface area contributed by atoms with Crippen molar-refractivity contribution in [2.24, 2.45) is 0 Å². The van der Waals surface area contributed by atoms with Gasteiger partial charge in [0, 0.05) is 27.9 Å².